The topological polar surface area (TPSA) is 270 Å². The number of methoxy groups -OCH3 is 2. The minimum Gasteiger partial charge on any atom is -0.481 e. The molecule has 8 aromatic rings. The number of pyridine rings is 4. The van der Waals surface area contributed by atoms with E-state index in [0.717, 1.165) is 39.3 Å². The van der Waals surface area contributed by atoms with E-state index in [2.05, 4.69) is 47.6 Å². The van der Waals surface area contributed by atoms with Gasteiger partial charge in [-0.2, -0.15) is 13.5 Å². The first-order valence-corrected chi connectivity index (χ1v) is 28.7. The highest BCUT2D eigenvalue weighted by Crippen LogP contribution is 2.31. The Hall–Kier alpha value is -8.16. The van der Waals surface area contributed by atoms with Crippen LogP contribution in [0.3, 0.4) is 0 Å². The Kier molecular flexibility index (Phi) is 26.5. The summed E-state index contributed by atoms with van der Waals surface area (Å²) >= 11 is 7.33. The molecule has 6 aromatic heterocycles. The number of nitrogens with two attached hydrogens (primary N) is 2. The number of primary amides is 2. The zero-order chi connectivity index (χ0) is 61.3. The molecule has 2 aliphatic heterocycles. The van der Waals surface area contributed by atoms with Crippen molar-refractivity contribution in [3.05, 3.63) is 156 Å². The van der Waals surface area contributed by atoms with Crippen LogP contribution in [0, 0.1) is 13.8 Å². The summed E-state index contributed by atoms with van der Waals surface area (Å²) in [5.74, 6) is -1.62. The Morgan fingerprint density at radius 3 is 1.56 bits per heavy atom. The molecule has 0 aliphatic carbocycles. The number of carboxylic acid groups (broad SMARTS) is 1. The lowest BCUT2D eigenvalue weighted by Gasteiger charge is -2.29. The van der Waals surface area contributed by atoms with Gasteiger partial charge in [-0.05, 0) is 131 Å². The highest BCUT2D eigenvalue weighted by Gasteiger charge is 2.34. The maximum absolute atomic E-state index is 14.4. The van der Waals surface area contributed by atoms with E-state index in [4.69, 9.17) is 26.0 Å². The smallest absolute Gasteiger partial charge is 0.323 e. The maximum atomic E-state index is 14.4. The third-order valence-electron chi connectivity index (χ3n) is 14.6. The fourth-order valence-electron chi connectivity index (χ4n) is 10.3. The van der Waals surface area contributed by atoms with E-state index in [1.165, 1.54) is 22.8 Å². The number of nitrogens with zero attached hydrogens (tertiary/aromatic N) is 7. The Labute approximate surface area is 525 Å². The number of fused-ring (bicyclic) bond motifs is 2. The van der Waals surface area contributed by atoms with Gasteiger partial charge in [0.2, 0.25) is 17.7 Å². The minimum absolute atomic E-state index is 0. The van der Waals surface area contributed by atoms with Gasteiger partial charge >= 0.3 is 5.97 Å². The van der Waals surface area contributed by atoms with E-state index in [0.29, 0.717) is 71.5 Å². The second kappa shape index (κ2) is 33.1. The third-order valence-corrected chi connectivity index (χ3v) is 14.6. The van der Waals surface area contributed by atoms with Crippen molar-refractivity contribution in [3.63, 3.8) is 0 Å². The first-order chi connectivity index (χ1) is 40.9. The first kappa shape index (κ1) is 69.6. The molecule has 0 radical (unpaired) electrons. The van der Waals surface area contributed by atoms with Crippen molar-refractivity contribution in [3.8, 4) is 34.0 Å². The number of carbonyl (C=O) groups is 6. The molecule has 2 aromatic carbocycles. The number of aromatic nitrogens is 6. The van der Waals surface area contributed by atoms with Crippen molar-refractivity contribution in [2.45, 2.75) is 103 Å². The molecule has 19 nitrogen and oxygen atoms in total. The van der Waals surface area contributed by atoms with Crippen LogP contribution in [0.2, 0.25) is 0 Å². The van der Waals surface area contributed by atoms with Gasteiger partial charge in [0.1, 0.15) is 25.4 Å². The highest BCUT2D eigenvalue weighted by atomic mass is 35.5. The van der Waals surface area contributed by atoms with E-state index in [1.807, 2.05) is 80.6 Å². The fourth-order valence-corrected chi connectivity index (χ4v) is 10.3. The summed E-state index contributed by atoms with van der Waals surface area (Å²) < 4.78 is 40.9. The monoisotopic (exact) mass is 1270 g/mol. The number of aryl methyl sites for hydroxylation is 2. The number of alkyl halides is 2. The summed E-state index contributed by atoms with van der Waals surface area (Å²) in [5, 5.41) is 13.3. The molecule has 2 aliphatic rings. The normalized spacial score (nSPS) is 16.2. The summed E-state index contributed by atoms with van der Waals surface area (Å²) in [4.78, 5) is 92.9. The molecule has 4 atom stereocenters. The van der Waals surface area contributed by atoms with Gasteiger partial charge in [-0.25, -0.2) is 18.7 Å². The summed E-state index contributed by atoms with van der Waals surface area (Å²) in [7, 11) is 3.08. The first-order valence-electron chi connectivity index (χ1n) is 27.3. The quantitative estimate of drug-likeness (QED) is 0.0706. The van der Waals surface area contributed by atoms with Crippen molar-refractivity contribution in [2.24, 2.45) is 11.5 Å². The van der Waals surface area contributed by atoms with Gasteiger partial charge in [0, 0.05) is 122 Å². The summed E-state index contributed by atoms with van der Waals surface area (Å²) in [6, 6.07) is 28.3. The van der Waals surface area contributed by atoms with Crippen LogP contribution in [0.1, 0.15) is 82.0 Å². The largest absolute Gasteiger partial charge is 0.481 e. The van der Waals surface area contributed by atoms with Crippen molar-refractivity contribution >= 4 is 105 Å². The van der Waals surface area contributed by atoms with Gasteiger partial charge in [-0.1, -0.05) is 24.3 Å². The fraction of sp³-hybridized carbons (Fsp3) is 0.323. The van der Waals surface area contributed by atoms with Crippen LogP contribution >= 0.6 is 25.9 Å². The van der Waals surface area contributed by atoms with Crippen LogP contribution in [-0.4, -0.2) is 126 Å². The van der Waals surface area contributed by atoms with E-state index in [1.54, 1.807) is 60.6 Å². The predicted octanol–water partition coefficient (Wildman–Crippen LogP) is 8.45. The molecular weight excluding hydrogens is 1200 g/mol. The molecule has 87 heavy (non-hydrogen) atoms. The SMILES string of the molecule is COc1ccc(-c2ccc3c(c2)c(C(N)=O)cn3CC(=O)N2CCC(F)CC[C@H]2C(=O)Cc2cccc(C)n2)cn1.COc1ccc(-c2ccc3c(c2)c(C(N)=O)cn3CC(=O)O)cn1.Cc1cccc(CC(=O)[C@@H]2CCC(F)CCN2)n1.Cl.S.S=S. The summed E-state index contributed by atoms with van der Waals surface area (Å²) in [6.45, 7) is 4.10. The zero-order valence-corrected chi connectivity index (χ0v) is 51.8. The number of ketones is 2. The number of ether oxygens (including phenoxy) is 2. The predicted molar refractivity (Wildman–Crippen MR) is 341 cm³/mol. The molecule has 8 heterocycles. The van der Waals surface area contributed by atoms with E-state index in [-0.39, 0.29) is 106 Å². The lowest BCUT2D eigenvalue weighted by Crippen LogP contribution is -2.46. The van der Waals surface area contributed by atoms with Crippen LogP contribution in [0.15, 0.2) is 122 Å². The number of rotatable bonds is 16. The van der Waals surface area contributed by atoms with Crippen molar-refractivity contribution in [1.82, 2.24) is 39.3 Å². The van der Waals surface area contributed by atoms with Crippen LogP contribution in [0.25, 0.3) is 44.1 Å². The number of benzene rings is 2. The summed E-state index contributed by atoms with van der Waals surface area (Å²) in [5.41, 5.74) is 19.4. The zero-order valence-electron chi connectivity index (χ0n) is 48.3. The number of hydrogen-bond donors (Lipinski definition) is 4. The standard InChI is InChI=1S/C31H32FN5O4.C17H15N3O4.C14H19FN2O.ClH.S2.H2S/c1-19-4-3-5-23(35-19)15-28(38)27-10-8-22(32)12-13-37(27)30(39)18-36-17-25(31(33)40)24-14-20(6-9-26(24)36)21-7-11-29(41-2)34-16-21;1-24-15-5-3-11(7-19-15)10-2-4-14-12(6-10)13(17(18)23)8-20(14)9-16(21)22;1-10-3-2-4-12(17-10)9-14(18)13-6-5-11(15)7-8-16-13;;1-2;/h3-7,9,11,14,16-17,22,27H,8,10,12-13,15,18H2,1-2H3,(H2,33,40);2-8H,9H2,1H3,(H2,18,23)(H,21,22);2-4,11,13,16H,5-9H2,1H3;1H;;1H2/t22?,27-;;11?,13-;;;/m0.0.../s1. The molecule has 10 rings (SSSR count). The Bertz CT molecular complexity index is 3690. The Balaban J connectivity index is 0.000000255. The van der Waals surface area contributed by atoms with Crippen LogP contribution in [-0.2, 0) is 67.5 Å². The van der Waals surface area contributed by atoms with Crippen molar-refractivity contribution < 1.29 is 52.1 Å². The molecule has 2 saturated heterocycles. The lowest BCUT2D eigenvalue weighted by atomic mass is 10.0. The number of hydrogen-bond acceptors (Lipinski definition) is 15. The number of likely N-dealkylation sites (tertiary alicyclic amines) is 1. The van der Waals surface area contributed by atoms with E-state index in [9.17, 15) is 37.5 Å². The number of carboxylic acids is 1. The van der Waals surface area contributed by atoms with Gasteiger partial charge in [-0.3, -0.25) is 38.7 Å². The molecule has 25 heteroatoms. The Morgan fingerprint density at radius 1 is 0.632 bits per heavy atom. The molecule has 0 bridgehead atoms. The molecule has 3 amide bonds. The number of halogens is 3. The average molecular weight is 1270 g/mol. The van der Waals surface area contributed by atoms with Gasteiger partial charge < -0.3 is 45.4 Å². The molecule has 460 valence electrons. The van der Waals surface area contributed by atoms with Crippen LogP contribution < -0.4 is 26.3 Å². The number of Topliss-reactive ketones (excluding diaryl/α,β-unsaturated/α-hetero) is 2. The molecular formula is C62H69ClF2N10O9S3. The molecule has 2 unspecified atom stereocenters. The molecule has 6 N–H and O–H groups in total. The lowest BCUT2D eigenvalue weighted by molar-refractivity contribution is -0.139. The summed E-state index contributed by atoms with van der Waals surface area (Å²) in [6.07, 6.45) is 7.10. The maximum Gasteiger partial charge on any atom is 0.323 e. The number of aliphatic carboxylic acids is 1. The number of amides is 3. The molecule has 2 fully saturated rings. The van der Waals surface area contributed by atoms with Gasteiger partial charge in [0.05, 0.1) is 50.3 Å². The third kappa shape index (κ3) is 18.7. The minimum atomic E-state index is -1.08. The Morgan fingerprint density at radius 2 is 1.10 bits per heavy atom. The van der Waals surface area contributed by atoms with Crippen molar-refractivity contribution in [2.75, 3.05) is 27.3 Å². The molecule has 0 spiro atoms. The highest BCUT2D eigenvalue weighted by molar-refractivity contribution is 8.07. The second-order valence-electron chi connectivity index (χ2n) is 20.5. The van der Waals surface area contributed by atoms with Crippen molar-refractivity contribution in [1.29, 1.82) is 0 Å². The molecule has 0 saturated carbocycles. The van der Waals surface area contributed by atoms with Crippen LogP contribution in [0.5, 0.6) is 11.8 Å². The van der Waals surface area contributed by atoms with E-state index < -0.39 is 36.2 Å². The van der Waals surface area contributed by atoms with Gasteiger partial charge in [-0.15, -0.1) is 12.4 Å². The van der Waals surface area contributed by atoms with Crippen LogP contribution in [0.4, 0.5) is 8.78 Å². The average Bonchev–Trinajstić information content (AvgIpc) is 1.74. The second-order valence-corrected chi connectivity index (χ2v) is 20.5. The van der Waals surface area contributed by atoms with Gasteiger partial charge in [0.25, 0.3) is 11.8 Å². The van der Waals surface area contributed by atoms with E-state index >= 15 is 0 Å². The number of carbonyl (C=O) groups excluding carboxylic acids is 5. The number of nitrogens with one attached hydrogen (secondary N) is 1. The van der Waals surface area contributed by atoms with Gasteiger partial charge in [0.15, 0.2) is 11.6 Å².